The first kappa shape index (κ1) is 11.3. The number of aromatic amines is 1. The van der Waals surface area contributed by atoms with Gasteiger partial charge in [0.15, 0.2) is 0 Å². The lowest BCUT2D eigenvalue weighted by Gasteiger charge is -2.00. The summed E-state index contributed by atoms with van der Waals surface area (Å²) < 4.78 is 0.886. The number of para-hydroxylation sites is 1. The molecule has 0 spiro atoms. The summed E-state index contributed by atoms with van der Waals surface area (Å²) in [5.41, 5.74) is 10.8. The normalized spacial score (nSPS) is 11.0. The average molecular weight is 302 g/mol. The van der Waals surface area contributed by atoms with Crippen molar-refractivity contribution in [3.05, 3.63) is 46.4 Å². The molecule has 90 valence electrons. The van der Waals surface area contributed by atoms with Crippen molar-refractivity contribution < 1.29 is 0 Å². The number of aryl methyl sites for hydroxylation is 1. The molecule has 3 aromatic rings. The lowest BCUT2D eigenvalue weighted by molar-refractivity contribution is 1.33. The van der Waals surface area contributed by atoms with Crippen molar-refractivity contribution in [2.45, 2.75) is 6.92 Å². The fourth-order valence-electron chi connectivity index (χ4n) is 1.99. The Morgan fingerprint density at radius 1 is 1.22 bits per heavy atom. The van der Waals surface area contributed by atoms with Crippen molar-refractivity contribution >= 4 is 32.7 Å². The molecule has 0 aliphatic rings. The third-order valence-corrected chi connectivity index (χ3v) is 3.68. The summed E-state index contributed by atoms with van der Waals surface area (Å²) in [6, 6.07) is 11.9. The van der Waals surface area contributed by atoms with Gasteiger partial charge in [-0.25, -0.2) is 4.98 Å². The van der Waals surface area contributed by atoms with Gasteiger partial charge in [-0.15, -0.1) is 0 Å². The highest BCUT2D eigenvalue weighted by atomic mass is 79.9. The molecule has 0 radical (unpaired) electrons. The second kappa shape index (κ2) is 4.14. The van der Waals surface area contributed by atoms with Crippen LogP contribution >= 0.6 is 15.9 Å². The number of nitrogens with two attached hydrogens (primary N) is 1. The molecular formula is C14H12BrN3. The van der Waals surface area contributed by atoms with Gasteiger partial charge in [-0.05, 0) is 52.7 Å². The Bertz CT molecular complexity index is 731. The minimum absolute atomic E-state index is 0.728. The van der Waals surface area contributed by atoms with Crippen LogP contribution in [0, 0.1) is 6.92 Å². The Kier molecular flexibility index (Phi) is 2.59. The minimum Gasteiger partial charge on any atom is -0.398 e. The SMILES string of the molecule is Cc1cccc2[nH]c(-c3ccc(N)c(Br)c3)nc12. The second-order valence-corrected chi connectivity index (χ2v) is 5.15. The van der Waals surface area contributed by atoms with Gasteiger partial charge in [-0.1, -0.05) is 12.1 Å². The third-order valence-electron chi connectivity index (χ3n) is 2.99. The fraction of sp³-hybridized carbons (Fsp3) is 0.0714. The number of imidazole rings is 1. The number of halogens is 1. The zero-order valence-corrected chi connectivity index (χ0v) is 11.5. The van der Waals surface area contributed by atoms with Crippen LogP contribution < -0.4 is 5.73 Å². The van der Waals surface area contributed by atoms with Crippen molar-refractivity contribution in [1.29, 1.82) is 0 Å². The van der Waals surface area contributed by atoms with E-state index in [2.05, 4.69) is 38.9 Å². The highest BCUT2D eigenvalue weighted by molar-refractivity contribution is 9.10. The molecule has 2 aromatic carbocycles. The van der Waals surface area contributed by atoms with E-state index in [1.807, 2.05) is 30.3 Å². The molecule has 0 aliphatic heterocycles. The molecule has 3 N–H and O–H groups in total. The van der Waals surface area contributed by atoms with E-state index in [1.54, 1.807) is 0 Å². The van der Waals surface area contributed by atoms with Crippen molar-refractivity contribution in [3.63, 3.8) is 0 Å². The van der Waals surface area contributed by atoms with E-state index in [0.717, 1.165) is 32.6 Å². The summed E-state index contributed by atoms with van der Waals surface area (Å²) in [5.74, 6) is 0.861. The van der Waals surface area contributed by atoms with Gasteiger partial charge in [0.25, 0.3) is 0 Å². The van der Waals surface area contributed by atoms with Crippen molar-refractivity contribution in [2.75, 3.05) is 5.73 Å². The van der Waals surface area contributed by atoms with Gasteiger partial charge >= 0.3 is 0 Å². The van der Waals surface area contributed by atoms with Crippen LogP contribution in [0.3, 0.4) is 0 Å². The molecule has 0 unspecified atom stereocenters. The number of hydrogen-bond acceptors (Lipinski definition) is 2. The van der Waals surface area contributed by atoms with Crippen LogP contribution in [0.1, 0.15) is 5.56 Å². The molecule has 1 aromatic heterocycles. The molecule has 1 heterocycles. The van der Waals surface area contributed by atoms with Crippen LogP contribution in [0.5, 0.6) is 0 Å². The number of anilines is 1. The van der Waals surface area contributed by atoms with Crippen LogP contribution in [0.25, 0.3) is 22.4 Å². The number of aromatic nitrogens is 2. The highest BCUT2D eigenvalue weighted by Gasteiger charge is 2.07. The van der Waals surface area contributed by atoms with E-state index >= 15 is 0 Å². The largest absolute Gasteiger partial charge is 0.398 e. The highest BCUT2D eigenvalue weighted by Crippen LogP contribution is 2.27. The first-order chi connectivity index (χ1) is 8.65. The number of rotatable bonds is 1. The van der Waals surface area contributed by atoms with E-state index in [0.29, 0.717) is 0 Å². The molecule has 3 rings (SSSR count). The van der Waals surface area contributed by atoms with Gasteiger partial charge in [0, 0.05) is 15.7 Å². The Morgan fingerprint density at radius 3 is 2.78 bits per heavy atom. The van der Waals surface area contributed by atoms with E-state index in [9.17, 15) is 0 Å². The van der Waals surface area contributed by atoms with Crippen LogP contribution in [0.15, 0.2) is 40.9 Å². The van der Waals surface area contributed by atoms with Crippen molar-refractivity contribution in [1.82, 2.24) is 9.97 Å². The van der Waals surface area contributed by atoms with Gasteiger partial charge in [0.05, 0.1) is 11.0 Å². The van der Waals surface area contributed by atoms with Gasteiger partial charge in [0.1, 0.15) is 5.82 Å². The fourth-order valence-corrected chi connectivity index (χ4v) is 2.37. The first-order valence-corrected chi connectivity index (χ1v) is 6.45. The topological polar surface area (TPSA) is 54.7 Å². The summed E-state index contributed by atoms with van der Waals surface area (Å²) in [6.45, 7) is 2.06. The van der Waals surface area contributed by atoms with Gasteiger partial charge < -0.3 is 10.7 Å². The Morgan fingerprint density at radius 2 is 2.06 bits per heavy atom. The molecule has 0 aliphatic carbocycles. The van der Waals surface area contributed by atoms with E-state index in [1.165, 1.54) is 5.56 Å². The summed E-state index contributed by atoms with van der Waals surface area (Å²) in [5, 5.41) is 0. The molecule has 4 heteroatoms. The van der Waals surface area contributed by atoms with Crippen LogP contribution in [0.2, 0.25) is 0 Å². The van der Waals surface area contributed by atoms with Gasteiger partial charge in [-0.3, -0.25) is 0 Å². The van der Waals surface area contributed by atoms with Crippen molar-refractivity contribution in [3.8, 4) is 11.4 Å². The third kappa shape index (κ3) is 1.78. The number of benzene rings is 2. The van der Waals surface area contributed by atoms with E-state index < -0.39 is 0 Å². The molecule has 0 saturated carbocycles. The molecular weight excluding hydrogens is 290 g/mol. The van der Waals surface area contributed by atoms with Crippen LogP contribution in [0.4, 0.5) is 5.69 Å². The number of H-pyrrole nitrogens is 1. The summed E-state index contributed by atoms with van der Waals surface area (Å²) in [4.78, 5) is 7.96. The Hall–Kier alpha value is -1.81. The predicted octanol–water partition coefficient (Wildman–Crippen LogP) is 3.88. The van der Waals surface area contributed by atoms with Gasteiger partial charge in [0.2, 0.25) is 0 Å². The second-order valence-electron chi connectivity index (χ2n) is 4.29. The molecule has 0 saturated heterocycles. The van der Waals surface area contributed by atoms with Crippen LogP contribution in [-0.2, 0) is 0 Å². The summed E-state index contributed by atoms with van der Waals surface area (Å²) in [6.07, 6.45) is 0. The quantitative estimate of drug-likeness (QED) is 0.670. The maximum Gasteiger partial charge on any atom is 0.138 e. The molecule has 0 bridgehead atoms. The maximum absolute atomic E-state index is 5.79. The number of fused-ring (bicyclic) bond motifs is 1. The lowest BCUT2D eigenvalue weighted by Crippen LogP contribution is -1.87. The monoisotopic (exact) mass is 301 g/mol. The maximum atomic E-state index is 5.79. The number of nitrogens with one attached hydrogen (secondary N) is 1. The minimum atomic E-state index is 0.728. The zero-order valence-electron chi connectivity index (χ0n) is 9.87. The first-order valence-electron chi connectivity index (χ1n) is 5.66. The van der Waals surface area contributed by atoms with Crippen LogP contribution in [-0.4, -0.2) is 9.97 Å². The number of nitrogen functional groups attached to an aromatic ring is 1. The Balaban J connectivity index is 2.19. The standard InChI is InChI=1S/C14H12BrN3/c1-8-3-2-4-12-13(8)18-14(17-12)9-5-6-11(16)10(15)7-9/h2-7H,16H2,1H3,(H,17,18). The number of nitrogens with zero attached hydrogens (tertiary/aromatic N) is 1. The molecule has 18 heavy (non-hydrogen) atoms. The molecule has 0 amide bonds. The molecule has 3 nitrogen and oxygen atoms in total. The number of hydrogen-bond donors (Lipinski definition) is 2. The molecule has 0 atom stereocenters. The Labute approximate surface area is 113 Å². The van der Waals surface area contributed by atoms with E-state index in [-0.39, 0.29) is 0 Å². The predicted molar refractivity (Wildman–Crippen MR) is 78.4 cm³/mol. The van der Waals surface area contributed by atoms with E-state index in [4.69, 9.17) is 5.73 Å². The summed E-state index contributed by atoms with van der Waals surface area (Å²) >= 11 is 3.43. The van der Waals surface area contributed by atoms with Crippen molar-refractivity contribution in [2.24, 2.45) is 0 Å². The smallest absolute Gasteiger partial charge is 0.138 e. The molecule has 0 fully saturated rings. The van der Waals surface area contributed by atoms with Gasteiger partial charge in [-0.2, -0.15) is 0 Å². The summed E-state index contributed by atoms with van der Waals surface area (Å²) in [7, 11) is 0. The zero-order chi connectivity index (χ0) is 12.7. The average Bonchev–Trinajstić information content (AvgIpc) is 2.78. The lowest BCUT2D eigenvalue weighted by atomic mass is 10.2.